The number of aliphatic carboxylic acids is 1. The monoisotopic (exact) mass is 520 g/mol. The summed E-state index contributed by atoms with van der Waals surface area (Å²) in [6.45, 7) is 0.388. The second-order valence-electron chi connectivity index (χ2n) is 9.04. The van der Waals surface area contributed by atoms with E-state index in [2.05, 4.69) is 15.3 Å². The third kappa shape index (κ3) is 5.15. The standard InChI is InChI=1S/C28H23F3N4O3/c29-28(30,31)19-11-14-21-22(16-19)33-24(17-6-2-1-3-7-17)25(34-21)32-20-12-9-18(10-13-20)26(36)35-15-5-4-8-23(35)27(37)38/h1-3,6-7,9-14,16,23H,4-5,8,15H2,(H,32,34)(H,37,38). The number of rotatable bonds is 5. The largest absolute Gasteiger partial charge is 0.480 e. The van der Waals surface area contributed by atoms with Crippen LogP contribution in [0.2, 0.25) is 0 Å². The number of likely N-dealkylation sites (tertiary alicyclic amines) is 1. The van der Waals surface area contributed by atoms with Gasteiger partial charge in [-0.05, 0) is 61.7 Å². The maximum absolute atomic E-state index is 13.3. The number of hydrogen-bond acceptors (Lipinski definition) is 5. The van der Waals surface area contributed by atoms with Gasteiger partial charge in [-0.15, -0.1) is 0 Å². The fourth-order valence-electron chi connectivity index (χ4n) is 4.55. The fourth-order valence-corrected chi connectivity index (χ4v) is 4.55. The molecule has 10 heteroatoms. The van der Waals surface area contributed by atoms with Gasteiger partial charge in [0.1, 0.15) is 11.7 Å². The zero-order valence-corrected chi connectivity index (χ0v) is 20.1. The number of nitrogens with zero attached hydrogens (tertiary/aromatic N) is 3. The fraction of sp³-hybridized carbons (Fsp3) is 0.214. The normalized spacial score (nSPS) is 15.9. The minimum atomic E-state index is -4.50. The molecule has 1 aliphatic rings. The van der Waals surface area contributed by atoms with Crippen LogP contribution in [0, 0.1) is 0 Å². The molecule has 7 nitrogen and oxygen atoms in total. The molecule has 2 heterocycles. The van der Waals surface area contributed by atoms with Crippen molar-refractivity contribution in [3.63, 3.8) is 0 Å². The van der Waals surface area contributed by atoms with Gasteiger partial charge in [0.2, 0.25) is 0 Å². The van der Waals surface area contributed by atoms with Gasteiger partial charge in [0.25, 0.3) is 5.91 Å². The summed E-state index contributed by atoms with van der Waals surface area (Å²) in [5.41, 5.74) is 1.56. The van der Waals surface area contributed by atoms with E-state index in [0.717, 1.165) is 25.0 Å². The molecule has 0 radical (unpaired) electrons. The van der Waals surface area contributed by atoms with E-state index < -0.39 is 23.8 Å². The first-order valence-corrected chi connectivity index (χ1v) is 12.1. The second-order valence-corrected chi connectivity index (χ2v) is 9.04. The summed E-state index contributed by atoms with van der Waals surface area (Å²) >= 11 is 0. The van der Waals surface area contributed by atoms with Crippen molar-refractivity contribution in [3.05, 3.63) is 83.9 Å². The highest BCUT2D eigenvalue weighted by Gasteiger charge is 2.33. The van der Waals surface area contributed by atoms with Gasteiger partial charge >= 0.3 is 12.1 Å². The first-order valence-electron chi connectivity index (χ1n) is 12.1. The summed E-state index contributed by atoms with van der Waals surface area (Å²) in [6.07, 6.45) is -2.56. The lowest BCUT2D eigenvalue weighted by Crippen LogP contribution is -2.47. The Bertz CT molecular complexity index is 1490. The van der Waals surface area contributed by atoms with E-state index in [9.17, 15) is 27.9 Å². The minimum absolute atomic E-state index is 0.111. The third-order valence-electron chi connectivity index (χ3n) is 6.48. The van der Waals surface area contributed by atoms with Gasteiger partial charge in [0.05, 0.1) is 16.6 Å². The first-order chi connectivity index (χ1) is 18.2. The van der Waals surface area contributed by atoms with Gasteiger partial charge in [-0.25, -0.2) is 14.8 Å². The number of piperidine rings is 1. The Morgan fingerprint density at radius 2 is 1.66 bits per heavy atom. The molecular weight excluding hydrogens is 497 g/mol. The van der Waals surface area contributed by atoms with Crippen LogP contribution in [0.5, 0.6) is 0 Å². The van der Waals surface area contributed by atoms with Crippen LogP contribution in [0.3, 0.4) is 0 Å². The highest BCUT2D eigenvalue weighted by atomic mass is 19.4. The molecule has 1 aliphatic heterocycles. The molecule has 0 aliphatic carbocycles. The summed E-state index contributed by atoms with van der Waals surface area (Å²) in [4.78, 5) is 35.1. The molecule has 0 saturated carbocycles. The molecule has 5 rings (SSSR count). The van der Waals surface area contributed by atoms with Crippen molar-refractivity contribution in [2.24, 2.45) is 0 Å². The maximum Gasteiger partial charge on any atom is 0.416 e. The van der Waals surface area contributed by atoms with E-state index in [4.69, 9.17) is 0 Å². The topological polar surface area (TPSA) is 95.4 Å². The zero-order valence-electron chi connectivity index (χ0n) is 20.1. The Morgan fingerprint density at radius 1 is 0.921 bits per heavy atom. The molecule has 38 heavy (non-hydrogen) atoms. The molecular formula is C28H23F3N4O3. The molecule has 0 spiro atoms. The number of alkyl halides is 3. The van der Waals surface area contributed by atoms with Crippen LogP contribution in [0.1, 0.15) is 35.2 Å². The molecule has 2 N–H and O–H groups in total. The quantitative estimate of drug-likeness (QED) is 0.328. The van der Waals surface area contributed by atoms with Crippen LogP contribution in [0.4, 0.5) is 24.7 Å². The van der Waals surface area contributed by atoms with Crippen molar-refractivity contribution in [1.29, 1.82) is 0 Å². The number of halogens is 3. The average Bonchev–Trinajstić information content (AvgIpc) is 2.92. The number of hydrogen-bond donors (Lipinski definition) is 2. The molecule has 194 valence electrons. The Kier molecular flexibility index (Phi) is 6.71. The number of carboxylic acid groups (broad SMARTS) is 1. The molecule has 1 fully saturated rings. The van der Waals surface area contributed by atoms with Crippen LogP contribution in [-0.4, -0.2) is 44.4 Å². The SMILES string of the molecule is O=C(O)C1CCCCN1C(=O)c1ccc(Nc2nc3ccc(C(F)(F)F)cc3nc2-c2ccccc2)cc1. The molecule has 1 unspecified atom stereocenters. The van der Waals surface area contributed by atoms with Crippen LogP contribution < -0.4 is 5.32 Å². The predicted octanol–water partition coefficient (Wildman–Crippen LogP) is 6.14. The zero-order chi connectivity index (χ0) is 26.9. The first kappa shape index (κ1) is 25.2. The van der Waals surface area contributed by atoms with E-state index in [-0.39, 0.29) is 16.9 Å². The summed E-state index contributed by atoms with van der Waals surface area (Å²) in [6, 6.07) is 17.9. The summed E-state index contributed by atoms with van der Waals surface area (Å²) in [7, 11) is 0. The number of carbonyl (C=O) groups excluding carboxylic acids is 1. The van der Waals surface area contributed by atoms with Gasteiger partial charge in [-0.2, -0.15) is 13.2 Å². The van der Waals surface area contributed by atoms with Gasteiger partial charge in [-0.1, -0.05) is 30.3 Å². The lowest BCUT2D eigenvalue weighted by molar-refractivity contribution is -0.143. The Balaban J connectivity index is 1.47. The summed E-state index contributed by atoms with van der Waals surface area (Å²) in [5.74, 6) is -1.02. The number of anilines is 2. The van der Waals surface area contributed by atoms with Crippen LogP contribution in [0.25, 0.3) is 22.3 Å². The Labute approximate surface area is 216 Å². The van der Waals surface area contributed by atoms with Gasteiger partial charge in [0, 0.05) is 23.4 Å². The van der Waals surface area contributed by atoms with E-state index in [1.54, 1.807) is 48.5 Å². The minimum Gasteiger partial charge on any atom is -0.480 e. The van der Waals surface area contributed by atoms with E-state index in [0.29, 0.717) is 41.3 Å². The smallest absolute Gasteiger partial charge is 0.416 e. The van der Waals surface area contributed by atoms with Crippen molar-refractivity contribution < 1.29 is 27.9 Å². The van der Waals surface area contributed by atoms with Crippen LogP contribution >= 0.6 is 0 Å². The van der Waals surface area contributed by atoms with E-state index in [1.165, 1.54) is 11.0 Å². The van der Waals surface area contributed by atoms with Crippen LogP contribution in [-0.2, 0) is 11.0 Å². The third-order valence-corrected chi connectivity index (χ3v) is 6.48. The number of benzene rings is 3. The van der Waals surface area contributed by atoms with Crippen molar-refractivity contribution in [1.82, 2.24) is 14.9 Å². The number of nitrogens with one attached hydrogen (secondary N) is 1. The molecule has 1 saturated heterocycles. The van der Waals surface area contributed by atoms with E-state index in [1.807, 2.05) is 6.07 Å². The van der Waals surface area contributed by atoms with Crippen molar-refractivity contribution in [2.45, 2.75) is 31.5 Å². The highest BCUT2D eigenvalue weighted by molar-refractivity contribution is 5.97. The number of carbonyl (C=O) groups is 2. The second kappa shape index (κ2) is 10.1. The van der Waals surface area contributed by atoms with Gasteiger partial charge < -0.3 is 15.3 Å². The van der Waals surface area contributed by atoms with Crippen molar-refractivity contribution in [3.8, 4) is 11.3 Å². The molecule has 4 aromatic rings. The maximum atomic E-state index is 13.3. The molecule has 1 atom stereocenters. The van der Waals surface area contributed by atoms with Crippen LogP contribution in [0.15, 0.2) is 72.8 Å². The molecule has 3 aromatic carbocycles. The van der Waals surface area contributed by atoms with Crippen molar-refractivity contribution in [2.75, 3.05) is 11.9 Å². The number of aromatic nitrogens is 2. The Hall–Kier alpha value is -4.47. The van der Waals surface area contributed by atoms with Gasteiger partial charge in [0.15, 0.2) is 5.82 Å². The molecule has 1 amide bonds. The number of carboxylic acids is 1. The predicted molar refractivity (Wildman–Crippen MR) is 136 cm³/mol. The number of fused-ring (bicyclic) bond motifs is 1. The molecule has 1 aromatic heterocycles. The van der Waals surface area contributed by atoms with Crippen molar-refractivity contribution >= 4 is 34.4 Å². The lowest BCUT2D eigenvalue weighted by Gasteiger charge is -2.33. The molecule has 0 bridgehead atoms. The summed E-state index contributed by atoms with van der Waals surface area (Å²) in [5, 5.41) is 12.7. The van der Waals surface area contributed by atoms with E-state index >= 15 is 0 Å². The Morgan fingerprint density at radius 3 is 2.34 bits per heavy atom. The number of amides is 1. The highest BCUT2D eigenvalue weighted by Crippen LogP contribution is 2.34. The average molecular weight is 521 g/mol. The van der Waals surface area contributed by atoms with Gasteiger partial charge in [-0.3, -0.25) is 4.79 Å². The summed E-state index contributed by atoms with van der Waals surface area (Å²) < 4.78 is 39.8. The lowest BCUT2D eigenvalue weighted by atomic mass is 10.0.